The Morgan fingerprint density at radius 3 is 1.40 bits per heavy atom. The Hall–Kier alpha value is -0.412. The average molecular weight is 328 g/mol. The molecular weight excluding hydrogens is 321 g/mol. The first-order valence-electron chi connectivity index (χ1n) is 1.96. The zero-order valence-electron chi connectivity index (χ0n) is 4.94. The van der Waals surface area contributed by atoms with Gasteiger partial charge in [-0.3, -0.25) is 6.54 Å². The van der Waals surface area contributed by atoms with Crippen molar-refractivity contribution in [3.05, 3.63) is 12.7 Å². The molecular formula is C4H7NO4Pt. The van der Waals surface area contributed by atoms with Crippen LogP contribution in [0.3, 0.4) is 0 Å². The van der Waals surface area contributed by atoms with Crippen LogP contribution in [0.4, 0.5) is 0 Å². The zero-order valence-corrected chi connectivity index (χ0v) is 7.21. The van der Waals surface area contributed by atoms with Gasteiger partial charge in [0.15, 0.2) is 0 Å². The van der Waals surface area contributed by atoms with Gasteiger partial charge in [-0.25, -0.2) is 9.59 Å². The van der Waals surface area contributed by atoms with Crippen molar-refractivity contribution in [2.45, 2.75) is 0 Å². The predicted octanol–water partition coefficient (Wildman–Crippen LogP) is 0.0258. The minimum atomic E-state index is -1.82. The second-order valence-electron chi connectivity index (χ2n) is 0.860. The minimum Gasteiger partial charge on any atom is -0.704 e. The van der Waals surface area contributed by atoms with Crippen LogP contribution in [0.25, 0.3) is 5.73 Å². The molecule has 0 spiro atoms. The van der Waals surface area contributed by atoms with E-state index in [0.717, 1.165) is 0 Å². The summed E-state index contributed by atoms with van der Waals surface area (Å²) in [5.74, 6) is -3.65. The van der Waals surface area contributed by atoms with E-state index >= 15 is 0 Å². The Labute approximate surface area is 72.5 Å². The summed E-state index contributed by atoms with van der Waals surface area (Å²) in [5, 5.41) is 14.8. The molecule has 0 aliphatic carbocycles. The van der Waals surface area contributed by atoms with Crippen molar-refractivity contribution < 1.29 is 40.9 Å². The fourth-order valence-electron chi connectivity index (χ4n) is 0. The van der Waals surface area contributed by atoms with Gasteiger partial charge in [0.05, 0.1) is 0 Å². The van der Waals surface area contributed by atoms with E-state index in [-0.39, 0.29) is 27.6 Å². The number of rotatable bonds is 0. The van der Waals surface area contributed by atoms with E-state index in [2.05, 4.69) is 6.92 Å². The van der Waals surface area contributed by atoms with E-state index in [4.69, 9.17) is 25.5 Å². The smallest absolute Gasteiger partial charge is 0.704 e. The summed E-state index contributed by atoms with van der Waals surface area (Å²) >= 11 is 0. The van der Waals surface area contributed by atoms with Crippen LogP contribution in [-0.2, 0) is 30.7 Å². The van der Waals surface area contributed by atoms with Crippen molar-refractivity contribution >= 4 is 11.9 Å². The first-order chi connectivity index (χ1) is 4.06. The van der Waals surface area contributed by atoms with Gasteiger partial charge in [0.25, 0.3) is 0 Å². The minimum absolute atomic E-state index is 0. The summed E-state index contributed by atoms with van der Waals surface area (Å²) < 4.78 is 0. The Kier molecular flexibility index (Phi) is 18.6. The van der Waals surface area contributed by atoms with Crippen molar-refractivity contribution in [3.63, 3.8) is 0 Å². The van der Waals surface area contributed by atoms with E-state index in [0.29, 0.717) is 0 Å². The number of hydrogen-bond donors (Lipinski definition) is 2. The SMILES string of the molecule is O=C(O)C(=O)O.[CH2-]C[NH-].[Pt+2]. The van der Waals surface area contributed by atoms with Gasteiger partial charge in [0, 0.05) is 0 Å². The second-order valence-corrected chi connectivity index (χ2v) is 0.860. The summed E-state index contributed by atoms with van der Waals surface area (Å²) in [7, 11) is 0. The molecule has 0 aromatic heterocycles. The third-order valence-corrected chi connectivity index (χ3v) is 0.183. The van der Waals surface area contributed by atoms with Crippen molar-refractivity contribution in [1.82, 2.24) is 0 Å². The van der Waals surface area contributed by atoms with Crippen LogP contribution in [0, 0.1) is 6.92 Å². The van der Waals surface area contributed by atoms with Gasteiger partial charge >= 0.3 is 33.0 Å². The molecule has 3 N–H and O–H groups in total. The van der Waals surface area contributed by atoms with Crippen LogP contribution >= 0.6 is 0 Å². The van der Waals surface area contributed by atoms with Gasteiger partial charge in [0.1, 0.15) is 0 Å². The first kappa shape index (κ1) is 16.3. The number of hydrogen-bond acceptors (Lipinski definition) is 2. The monoisotopic (exact) mass is 328 g/mol. The maximum atomic E-state index is 9.10. The van der Waals surface area contributed by atoms with E-state index in [1.807, 2.05) is 0 Å². The molecule has 0 amide bonds. The fraction of sp³-hybridized carbons (Fsp3) is 0.250. The summed E-state index contributed by atoms with van der Waals surface area (Å²) in [5.41, 5.74) is 6.10. The summed E-state index contributed by atoms with van der Waals surface area (Å²) in [6, 6.07) is 0. The average Bonchev–Trinajstić information content (AvgIpc) is 1.68. The standard InChI is InChI=1S/C2H5N.C2H2O4.Pt/c1-2-3;3-1(4)2(5)6;/h3H,1-2H2;(H,3,4)(H,5,6);/q-2;;+2. The number of carboxylic acids is 2. The molecule has 0 fully saturated rings. The number of aliphatic carboxylic acids is 2. The summed E-state index contributed by atoms with van der Waals surface area (Å²) in [6.07, 6.45) is 0. The summed E-state index contributed by atoms with van der Waals surface area (Å²) in [6.45, 7) is 3.40. The molecule has 0 saturated heterocycles. The van der Waals surface area contributed by atoms with Gasteiger partial charge in [-0.1, -0.05) is 0 Å². The molecule has 0 radical (unpaired) electrons. The van der Waals surface area contributed by atoms with Crippen LogP contribution in [-0.4, -0.2) is 28.7 Å². The summed E-state index contributed by atoms with van der Waals surface area (Å²) in [4.78, 5) is 18.2. The Morgan fingerprint density at radius 2 is 1.40 bits per heavy atom. The predicted molar refractivity (Wildman–Crippen MR) is 29.8 cm³/mol. The van der Waals surface area contributed by atoms with Crippen molar-refractivity contribution in [3.8, 4) is 0 Å². The molecule has 0 bridgehead atoms. The molecule has 0 aliphatic rings. The normalized spacial score (nSPS) is 6.20. The molecule has 62 valence electrons. The Balaban J connectivity index is -0.000000107. The van der Waals surface area contributed by atoms with E-state index < -0.39 is 11.9 Å². The van der Waals surface area contributed by atoms with Crippen LogP contribution in [0.15, 0.2) is 0 Å². The van der Waals surface area contributed by atoms with Crippen molar-refractivity contribution in [2.24, 2.45) is 0 Å². The third-order valence-electron chi connectivity index (χ3n) is 0.183. The van der Waals surface area contributed by atoms with Gasteiger partial charge in [-0.15, -0.1) is 0 Å². The van der Waals surface area contributed by atoms with Crippen molar-refractivity contribution in [1.29, 1.82) is 0 Å². The topological polar surface area (TPSA) is 98.4 Å². The molecule has 0 rings (SSSR count). The van der Waals surface area contributed by atoms with Crippen LogP contribution in [0.1, 0.15) is 0 Å². The van der Waals surface area contributed by atoms with E-state index in [1.165, 1.54) is 0 Å². The van der Waals surface area contributed by atoms with Gasteiger partial charge in [-0.2, -0.15) is 0 Å². The molecule has 0 unspecified atom stereocenters. The maximum absolute atomic E-state index is 9.10. The fourth-order valence-corrected chi connectivity index (χ4v) is 0. The Bertz CT molecular complexity index is 93.4. The Morgan fingerprint density at radius 1 is 1.30 bits per heavy atom. The van der Waals surface area contributed by atoms with Gasteiger partial charge in [-0.05, 0) is 0 Å². The van der Waals surface area contributed by atoms with Crippen LogP contribution < -0.4 is 0 Å². The number of carbonyl (C=O) groups is 2. The molecule has 6 heteroatoms. The molecule has 0 heterocycles. The molecule has 0 atom stereocenters. The maximum Gasteiger partial charge on any atom is 2.00 e. The third kappa shape index (κ3) is 25.6. The second kappa shape index (κ2) is 11.4. The molecule has 0 aromatic rings. The van der Waals surface area contributed by atoms with Crippen LogP contribution in [0.5, 0.6) is 0 Å². The van der Waals surface area contributed by atoms with Gasteiger partial charge < -0.3 is 22.9 Å². The molecule has 0 saturated carbocycles. The van der Waals surface area contributed by atoms with Crippen molar-refractivity contribution in [2.75, 3.05) is 6.54 Å². The molecule has 0 aliphatic heterocycles. The molecule has 0 aromatic carbocycles. The quantitative estimate of drug-likeness (QED) is 0.484. The van der Waals surface area contributed by atoms with E-state index in [9.17, 15) is 0 Å². The molecule has 10 heavy (non-hydrogen) atoms. The zero-order chi connectivity index (χ0) is 7.86. The molecule has 5 nitrogen and oxygen atoms in total. The van der Waals surface area contributed by atoms with Crippen LogP contribution in [0.2, 0.25) is 0 Å². The number of carboxylic acid groups (broad SMARTS) is 2. The van der Waals surface area contributed by atoms with Gasteiger partial charge in [0.2, 0.25) is 0 Å². The first-order valence-corrected chi connectivity index (χ1v) is 1.96. The van der Waals surface area contributed by atoms with E-state index in [1.54, 1.807) is 0 Å². The largest absolute Gasteiger partial charge is 2.00 e. The number of nitrogens with one attached hydrogen (secondary N) is 1.